The maximum absolute atomic E-state index is 10.5. The summed E-state index contributed by atoms with van der Waals surface area (Å²) in [5.74, 6) is 0.458. The number of aliphatic hydroxyl groups excluding tert-OH is 1. The van der Waals surface area contributed by atoms with E-state index in [1.165, 1.54) is 5.56 Å². The van der Waals surface area contributed by atoms with Crippen molar-refractivity contribution in [1.82, 2.24) is 9.78 Å². The lowest BCUT2D eigenvalue weighted by Gasteiger charge is -2.34. The van der Waals surface area contributed by atoms with Crippen molar-refractivity contribution >= 4 is 0 Å². The fourth-order valence-electron chi connectivity index (χ4n) is 2.92. The van der Waals surface area contributed by atoms with E-state index in [2.05, 4.69) is 18.1 Å². The van der Waals surface area contributed by atoms with E-state index in [0.29, 0.717) is 5.92 Å². The van der Waals surface area contributed by atoms with Crippen molar-refractivity contribution in [2.45, 2.75) is 38.3 Å². The zero-order chi connectivity index (χ0) is 12.7. The molecule has 3 atom stereocenters. The number of aromatic nitrogens is 2. The van der Waals surface area contributed by atoms with Crippen molar-refractivity contribution in [2.24, 2.45) is 0 Å². The second kappa shape index (κ2) is 4.25. The summed E-state index contributed by atoms with van der Waals surface area (Å²) in [6.07, 6.45) is 2.43. The molecule has 0 aliphatic heterocycles. The van der Waals surface area contributed by atoms with E-state index in [0.717, 1.165) is 17.7 Å². The van der Waals surface area contributed by atoms with Crippen LogP contribution in [-0.2, 0) is 0 Å². The highest BCUT2D eigenvalue weighted by Gasteiger charge is 2.33. The molecule has 1 aliphatic carbocycles. The van der Waals surface area contributed by atoms with Crippen LogP contribution in [0.3, 0.4) is 0 Å². The maximum Gasteiger partial charge on any atom is 0.102 e. The van der Waals surface area contributed by atoms with Crippen molar-refractivity contribution in [3.63, 3.8) is 0 Å². The van der Waals surface area contributed by atoms with E-state index in [1.54, 1.807) is 0 Å². The van der Waals surface area contributed by atoms with Crippen LogP contribution < -0.4 is 0 Å². The summed E-state index contributed by atoms with van der Waals surface area (Å²) in [7, 11) is 0. The first kappa shape index (κ1) is 11.5. The predicted octanol–water partition coefficient (Wildman–Crippen LogP) is 2.97. The largest absolute Gasteiger partial charge is 0.386 e. The monoisotopic (exact) mass is 242 g/mol. The van der Waals surface area contributed by atoms with Gasteiger partial charge in [0.1, 0.15) is 6.10 Å². The molecule has 3 heteroatoms. The first-order chi connectivity index (χ1) is 8.66. The van der Waals surface area contributed by atoms with E-state index in [1.807, 2.05) is 42.1 Å². The summed E-state index contributed by atoms with van der Waals surface area (Å²) >= 11 is 0. The Morgan fingerprint density at radius 3 is 2.61 bits per heavy atom. The summed E-state index contributed by atoms with van der Waals surface area (Å²) in [4.78, 5) is 0. The number of hydrogen-bond acceptors (Lipinski definition) is 2. The highest BCUT2D eigenvalue weighted by Crippen LogP contribution is 2.43. The van der Waals surface area contributed by atoms with Gasteiger partial charge in [-0.25, -0.2) is 0 Å². The average molecular weight is 242 g/mol. The van der Waals surface area contributed by atoms with Crippen LogP contribution >= 0.6 is 0 Å². The Morgan fingerprint density at radius 1 is 1.22 bits per heavy atom. The van der Waals surface area contributed by atoms with Crippen LogP contribution in [0.2, 0.25) is 0 Å². The van der Waals surface area contributed by atoms with E-state index in [-0.39, 0.29) is 6.04 Å². The summed E-state index contributed by atoms with van der Waals surface area (Å²) in [5.41, 5.74) is 3.31. The zero-order valence-corrected chi connectivity index (χ0v) is 10.7. The van der Waals surface area contributed by atoms with Crippen molar-refractivity contribution in [1.29, 1.82) is 0 Å². The predicted molar refractivity (Wildman–Crippen MR) is 70.4 cm³/mol. The summed E-state index contributed by atoms with van der Waals surface area (Å²) in [5, 5.41) is 15.0. The number of benzene rings is 1. The molecule has 1 aliphatic rings. The number of aryl methyl sites for hydroxylation is 1. The molecule has 3 unspecified atom stereocenters. The Hall–Kier alpha value is -1.61. The molecule has 94 valence electrons. The van der Waals surface area contributed by atoms with E-state index < -0.39 is 6.10 Å². The number of fused-ring (bicyclic) bond motifs is 1. The van der Waals surface area contributed by atoms with E-state index >= 15 is 0 Å². The third kappa shape index (κ3) is 1.75. The van der Waals surface area contributed by atoms with E-state index in [9.17, 15) is 5.11 Å². The van der Waals surface area contributed by atoms with Crippen molar-refractivity contribution in [3.05, 3.63) is 53.3 Å². The fraction of sp³-hybridized carbons (Fsp3) is 0.400. The molecule has 1 heterocycles. The Kier molecular flexibility index (Phi) is 2.71. The van der Waals surface area contributed by atoms with Crippen molar-refractivity contribution < 1.29 is 5.11 Å². The first-order valence-electron chi connectivity index (χ1n) is 6.45. The minimum atomic E-state index is -0.461. The van der Waals surface area contributed by atoms with Crippen LogP contribution in [0, 0.1) is 6.92 Å². The van der Waals surface area contributed by atoms with Gasteiger partial charge in [-0.2, -0.15) is 5.10 Å². The van der Waals surface area contributed by atoms with Gasteiger partial charge in [-0.05, 0) is 36.5 Å². The smallest absolute Gasteiger partial charge is 0.102 e. The Labute approximate surface area is 107 Å². The summed E-state index contributed by atoms with van der Waals surface area (Å²) < 4.78 is 1.91. The Balaban J connectivity index is 2.01. The molecule has 18 heavy (non-hydrogen) atoms. The molecule has 1 aromatic carbocycles. The molecular formula is C15H18N2O. The van der Waals surface area contributed by atoms with Crippen molar-refractivity contribution in [2.75, 3.05) is 0 Å². The van der Waals surface area contributed by atoms with Gasteiger partial charge in [-0.1, -0.05) is 31.2 Å². The molecule has 1 N–H and O–H groups in total. The molecule has 3 nitrogen and oxygen atoms in total. The quantitative estimate of drug-likeness (QED) is 0.834. The highest BCUT2D eigenvalue weighted by molar-refractivity contribution is 5.35. The maximum atomic E-state index is 10.5. The number of rotatable bonds is 1. The third-order valence-electron chi connectivity index (χ3n) is 3.89. The van der Waals surface area contributed by atoms with Gasteiger partial charge in [-0.3, -0.25) is 4.68 Å². The Morgan fingerprint density at radius 2 is 1.94 bits per heavy atom. The van der Waals surface area contributed by atoms with Gasteiger partial charge in [-0.15, -0.1) is 0 Å². The standard InChI is InChI=1S/C15H18N2O/c1-10-9-14(17-8-7-11(2)16-17)15(18)13-6-4-3-5-12(10)13/h3-8,10,14-15,18H,9H2,1-2H3. The highest BCUT2D eigenvalue weighted by atomic mass is 16.3. The molecule has 1 aromatic heterocycles. The van der Waals surface area contributed by atoms with E-state index in [4.69, 9.17) is 0 Å². The number of hydrogen-bond donors (Lipinski definition) is 1. The first-order valence-corrected chi connectivity index (χ1v) is 6.45. The normalized spacial score (nSPS) is 26.9. The molecule has 2 aromatic rings. The van der Waals surface area contributed by atoms with Gasteiger partial charge in [0.05, 0.1) is 11.7 Å². The SMILES string of the molecule is Cc1ccn(C2CC(C)c3ccccc3C2O)n1. The lowest BCUT2D eigenvalue weighted by atomic mass is 9.79. The van der Waals surface area contributed by atoms with Gasteiger partial charge in [0, 0.05) is 6.20 Å². The molecule has 0 bridgehead atoms. The third-order valence-corrected chi connectivity index (χ3v) is 3.89. The van der Waals surface area contributed by atoms with Gasteiger partial charge in [0.2, 0.25) is 0 Å². The molecular weight excluding hydrogens is 224 g/mol. The number of nitrogens with zero attached hydrogens (tertiary/aromatic N) is 2. The second-order valence-electron chi connectivity index (χ2n) is 5.21. The molecule has 0 saturated carbocycles. The minimum absolute atomic E-state index is 0.0450. The lowest BCUT2D eigenvalue weighted by Crippen LogP contribution is -2.26. The van der Waals surface area contributed by atoms with Gasteiger partial charge >= 0.3 is 0 Å². The lowest BCUT2D eigenvalue weighted by molar-refractivity contribution is 0.0863. The molecule has 0 amide bonds. The average Bonchev–Trinajstić information content (AvgIpc) is 2.80. The molecule has 0 spiro atoms. The molecule has 3 rings (SSSR count). The van der Waals surface area contributed by atoms with Crippen LogP contribution in [0.4, 0.5) is 0 Å². The zero-order valence-electron chi connectivity index (χ0n) is 10.7. The summed E-state index contributed by atoms with van der Waals surface area (Å²) in [6, 6.07) is 10.2. The van der Waals surface area contributed by atoms with Crippen LogP contribution in [0.15, 0.2) is 36.5 Å². The second-order valence-corrected chi connectivity index (χ2v) is 5.21. The van der Waals surface area contributed by atoms with Gasteiger partial charge < -0.3 is 5.11 Å². The summed E-state index contributed by atoms with van der Waals surface area (Å²) in [6.45, 7) is 4.19. The van der Waals surface area contributed by atoms with Crippen LogP contribution in [0.1, 0.15) is 48.2 Å². The van der Waals surface area contributed by atoms with Crippen LogP contribution in [-0.4, -0.2) is 14.9 Å². The molecule has 0 radical (unpaired) electrons. The molecule has 0 saturated heterocycles. The molecule has 0 fully saturated rings. The van der Waals surface area contributed by atoms with Gasteiger partial charge in [0.25, 0.3) is 0 Å². The van der Waals surface area contributed by atoms with Crippen molar-refractivity contribution in [3.8, 4) is 0 Å². The minimum Gasteiger partial charge on any atom is -0.386 e. The van der Waals surface area contributed by atoms with Crippen LogP contribution in [0.5, 0.6) is 0 Å². The Bertz CT molecular complexity index is 561. The van der Waals surface area contributed by atoms with Crippen LogP contribution in [0.25, 0.3) is 0 Å². The topological polar surface area (TPSA) is 38.0 Å². The van der Waals surface area contributed by atoms with Gasteiger partial charge in [0.15, 0.2) is 0 Å². The number of aliphatic hydroxyl groups is 1. The fourth-order valence-corrected chi connectivity index (χ4v) is 2.92.